The number of phenolic OH excluding ortho intramolecular Hbond substituents is 1. The van der Waals surface area contributed by atoms with Gasteiger partial charge in [0.15, 0.2) is 17.9 Å². The molecule has 0 saturated heterocycles. The summed E-state index contributed by atoms with van der Waals surface area (Å²) in [7, 11) is 0. The Labute approximate surface area is 593 Å². The first-order chi connectivity index (χ1) is 47.8. The Hall–Kier alpha value is -9.11. The van der Waals surface area contributed by atoms with Crippen molar-refractivity contribution in [3.05, 3.63) is 29.8 Å². The summed E-state index contributed by atoms with van der Waals surface area (Å²) in [6, 6.07) is 0.355. The van der Waals surface area contributed by atoms with Crippen molar-refractivity contribution in [2.75, 3.05) is 19.6 Å². The lowest BCUT2D eigenvalue weighted by Crippen LogP contribution is -2.59. The van der Waals surface area contributed by atoms with Crippen LogP contribution in [-0.2, 0) is 40.0 Å². The van der Waals surface area contributed by atoms with Gasteiger partial charge in [0, 0.05) is 87.6 Å². The average molecular weight is 1420 g/mol. The zero-order valence-electron chi connectivity index (χ0n) is 59.9. The molecule has 0 unspecified atom stereocenters. The number of hydrogen-bond donors (Lipinski definition) is 21. The molecular weight excluding hydrogens is 1300 g/mol. The van der Waals surface area contributed by atoms with Gasteiger partial charge in [-0.3, -0.25) is 48.5 Å². The number of phenols is 1. The zero-order valence-corrected chi connectivity index (χ0v) is 59.9. The minimum absolute atomic E-state index is 0.0318. The predicted molar refractivity (Wildman–Crippen MR) is 386 cm³/mol. The summed E-state index contributed by atoms with van der Waals surface area (Å²) in [5.41, 5.74) is 45.9. The summed E-state index contributed by atoms with van der Waals surface area (Å²) in [5.74, 6) is -5.96. The van der Waals surface area contributed by atoms with Crippen molar-refractivity contribution >= 4 is 77.3 Å². The summed E-state index contributed by atoms with van der Waals surface area (Å²) in [4.78, 5) is 149. The summed E-state index contributed by atoms with van der Waals surface area (Å²) < 4.78 is 0. The van der Waals surface area contributed by atoms with Crippen molar-refractivity contribution in [2.24, 2.45) is 96.4 Å². The van der Waals surface area contributed by atoms with E-state index in [9.17, 15) is 53.1 Å². The molecule has 0 heterocycles. The quantitative estimate of drug-likeness (QED) is 0.0175. The maximum atomic E-state index is 14.4. The number of aromatic hydroxyl groups is 1. The molecule has 34 heteroatoms. The molecule has 1 aromatic rings. The first-order valence-corrected chi connectivity index (χ1v) is 35.8. The lowest BCUT2D eigenvalue weighted by molar-refractivity contribution is -0.131. The number of urea groups is 3. The van der Waals surface area contributed by atoms with Gasteiger partial charge in [0.05, 0.1) is 17.8 Å². The number of primary amides is 1. The third-order valence-corrected chi connectivity index (χ3v) is 18.3. The highest BCUT2D eigenvalue weighted by Crippen LogP contribution is 2.29. The molecule has 1 aromatic carbocycles. The second-order valence-corrected chi connectivity index (χ2v) is 28.1. The highest BCUT2D eigenvalue weighted by molar-refractivity contribution is 5.86. The Morgan fingerprint density at radius 3 is 1.01 bits per heavy atom. The van der Waals surface area contributed by atoms with Crippen LogP contribution in [0.3, 0.4) is 0 Å². The monoisotopic (exact) mass is 1420 g/mol. The fourth-order valence-electron chi connectivity index (χ4n) is 12.9. The normalized spacial score (nSPS) is 20.2. The third kappa shape index (κ3) is 33.3. The van der Waals surface area contributed by atoms with E-state index < -0.39 is 120 Å². The Morgan fingerprint density at radius 1 is 0.416 bits per heavy atom. The highest BCUT2D eigenvalue weighted by Gasteiger charge is 2.38. The van der Waals surface area contributed by atoms with E-state index in [0.717, 1.165) is 31.2 Å². The molecule has 29 N–H and O–H groups in total. The lowest BCUT2D eigenvalue weighted by atomic mass is 9.83. The van der Waals surface area contributed by atoms with Crippen LogP contribution in [0, 0.1) is 35.5 Å². The van der Waals surface area contributed by atoms with Gasteiger partial charge in [-0.1, -0.05) is 92.2 Å². The molecule has 0 radical (unpaired) electrons. The number of carbonyl (C=O) groups excluding carboxylic acids is 10. The number of hydrogen-bond acceptors (Lipinski definition) is 15. The molecule has 13 atom stereocenters. The van der Waals surface area contributed by atoms with E-state index in [1.807, 2.05) is 41.5 Å². The first kappa shape index (κ1) is 84.3. The van der Waals surface area contributed by atoms with Crippen molar-refractivity contribution in [2.45, 2.75) is 250 Å². The van der Waals surface area contributed by atoms with E-state index in [0.29, 0.717) is 83.5 Å². The van der Waals surface area contributed by atoms with Gasteiger partial charge in [-0.15, -0.1) is 0 Å². The zero-order chi connectivity index (χ0) is 74.7. The fourth-order valence-corrected chi connectivity index (χ4v) is 12.9. The maximum Gasteiger partial charge on any atom is 0.316 e. The number of nitrogens with zero attached hydrogens (tertiary/aromatic N) is 3. The van der Waals surface area contributed by atoms with Crippen LogP contribution < -0.4 is 110 Å². The molecule has 34 nitrogen and oxygen atoms in total. The number of carbonyl (C=O) groups is 10. The van der Waals surface area contributed by atoms with E-state index in [1.165, 1.54) is 0 Å². The van der Waals surface area contributed by atoms with Gasteiger partial charge in [-0.05, 0) is 119 Å². The van der Waals surface area contributed by atoms with E-state index in [-0.39, 0.29) is 117 Å². The summed E-state index contributed by atoms with van der Waals surface area (Å²) >= 11 is 0. The van der Waals surface area contributed by atoms with Gasteiger partial charge >= 0.3 is 18.1 Å². The molecule has 0 spiro atoms. The van der Waals surface area contributed by atoms with E-state index >= 15 is 0 Å². The molecule has 3 aliphatic rings. The minimum atomic E-state index is -0.910. The maximum absolute atomic E-state index is 14.4. The van der Waals surface area contributed by atoms with Crippen molar-refractivity contribution < 1.29 is 53.1 Å². The second-order valence-electron chi connectivity index (χ2n) is 28.1. The van der Waals surface area contributed by atoms with E-state index in [2.05, 4.69) is 78.8 Å². The molecule has 0 bridgehead atoms. The number of amides is 13. The van der Waals surface area contributed by atoms with Crippen LogP contribution in [0.15, 0.2) is 39.2 Å². The van der Waals surface area contributed by atoms with Crippen molar-refractivity contribution in [1.29, 1.82) is 0 Å². The van der Waals surface area contributed by atoms with Crippen LogP contribution in [0.1, 0.15) is 188 Å². The number of nitrogens with one attached hydrogen (secondary N) is 12. The summed E-state index contributed by atoms with van der Waals surface area (Å²) in [5, 5.41) is 44.8. The SMILES string of the molecule is CC(C)[C@@H](NC(=O)N[C@@H](CCCN=C(N)N)CC(N)=O)NC(=O)[C@H]1CCCC[C@@H]1NC(=O)C[C@H](CCCN=C(N)N)NC(=O)N[C@@H](NC(=O)[C@H]1CCCC[C@@H]1NC(=O)C[C@H](CCCN=C(N)N)NC(=O)N[C@@H](NC(=O)[C@H]1CCCC[C@@H]1NC(=O)C[C@@H](N)Cc1ccc(O)cc1)C(C)C)C(C)C. The van der Waals surface area contributed by atoms with Crippen LogP contribution in [-0.4, -0.2) is 163 Å². The molecular formula is C67H119N23O11. The van der Waals surface area contributed by atoms with Gasteiger partial charge in [0.1, 0.15) is 24.2 Å². The van der Waals surface area contributed by atoms with Crippen LogP contribution >= 0.6 is 0 Å². The molecule has 13 amide bonds. The molecule has 4 rings (SSSR count). The standard InChI is InChI=1S/C67H119N23O11/c1-37(2)56(88-65(99)79-42(34-52(69)92)16-13-29-76-62(70)71)85-60(97)47-20-8-11-23-50(47)83-54(94)36-44(18-15-31-78-64(74)75)81-67(101)90-58(39(5)6)87-61(98)48-21-9-12-24-51(48)84-55(95)35-43(17-14-30-77-63(72)73)80-66(100)89-57(38(3)4)86-59(96)46-19-7-10-22-49(46)82-53(93)33-41(68)32-40-25-27-45(91)28-26-40/h25-28,37-39,41-44,46-51,56-58,91H,7-24,29-36,68H2,1-6H3,(H2,69,92)(H,82,93)(H,83,94)(H,84,95)(H,85,97)(H,86,96)(H,87,98)(H4,70,71,76)(H4,72,73,77)(H4,74,75,78)(H2,79,88,99)(H2,80,89,100)(H2,81,90,101)/t41-,42-,43-,44-,46-,47-,48-,49-,50-,51-,56+,57+,58+/m0/s1. The van der Waals surface area contributed by atoms with Crippen LogP contribution in [0.2, 0.25) is 0 Å². The lowest BCUT2D eigenvalue weighted by Gasteiger charge is -2.34. The largest absolute Gasteiger partial charge is 0.508 e. The van der Waals surface area contributed by atoms with Gasteiger partial charge < -0.3 is 115 Å². The fraction of sp³-hybridized carbons (Fsp3) is 0.716. The number of nitrogens with two attached hydrogens (primary N) is 8. The Morgan fingerprint density at radius 2 is 0.713 bits per heavy atom. The Balaban J connectivity index is 1.38. The second kappa shape index (κ2) is 44.2. The number of rotatable bonds is 40. The molecule has 0 aliphatic heterocycles. The molecule has 3 saturated carbocycles. The number of guanidine groups is 3. The van der Waals surface area contributed by atoms with Gasteiger partial charge in [-0.2, -0.15) is 0 Å². The molecule has 0 aromatic heterocycles. The average Bonchev–Trinajstić information content (AvgIpc) is 0.857. The molecule has 3 aliphatic carbocycles. The molecule has 3 fully saturated rings. The summed E-state index contributed by atoms with van der Waals surface area (Å²) in [6.45, 7) is 11.6. The Bertz CT molecular complexity index is 2920. The third-order valence-electron chi connectivity index (χ3n) is 18.3. The van der Waals surface area contributed by atoms with E-state index in [1.54, 1.807) is 24.3 Å². The molecule has 101 heavy (non-hydrogen) atoms. The van der Waals surface area contributed by atoms with Crippen LogP contribution in [0.25, 0.3) is 0 Å². The van der Waals surface area contributed by atoms with Crippen molar-refractivity contribution in [3.63, 3.8) is 0 Å². The number of aliphatic imine (C=N–C) groups is 3. The highest BCUT2D eigenvalue weighted by atomic mass is 16.3. The van der Waals surface area contributed by atoms with Crippen LogP contribution in [0.4, 0.5) is 14.4 Å². The van der Waals surface area contributed by atoms with Crippen LogP contribution in [0.5, 0.6) is 5.75 Å². The number of benzene rings is 1. The smallest absolute Gasteiger partial charge is 0.316 e. The Kier molecular flexibility index (Phi) is 36.9. The van der Waals surface area contributed by atoms with Gasteiger partial charge in [-0.25, -0.2) is 14.4 Å². The first-order valence-electron chi connectivity index (χ1n) is 35.8. The predicted octanol–water partition coefficient (Wildman–Crippen LogP) is -0.208. The topological polar surface area (TPSA) is 581 Å². The van der Waals surface area contributed by atoms with Gasteiger partial charge in [0.2, 0.25) is 41.4 Å². The summed E-state index contributed by atoms with van der Waals surface area (Å²) in [6.07, 6.45) is 6.81. The minimum Gasteiger partial charge on any atom is -0.508 e. The molecule has 568 valence electrons. The van der Waals surface area contributed by atoms with Crippen molar-refractivity contribution in [1.82, 2.24) is 63.8 Å². The van der Waals surface area contributed by atoms with Gasteiger partial charge in [0.25, 0.3) is 0 Å². The van der Waals surface area contributed by atoms with Crippen molar-refractivity contribution in [3.8, 4) is 5.75 Å². The van der Waals surface area contributed by atoms with E-state index in [4.69, 9.17) is 45.9 Å².